The molecule has 1 heterocycles. The first-order valence-corrected chi connectivity index (χ1v) is 8.34. The molecular formula is C16H20Cl2N2O3. The van der Waals surface area contributed by atoms with Gasteiger partial charge < -0.3 is 15.3 Å². The van der Waals surface area contributed by atoms with E-state index in [1.165, 1.54) is 0 Å². The molecule has 23 heavy (non-hydrogen) atoms. The van der Waals surface area contributed by atoms with Gasteiger partial charge in [0.25, 0.3) is 0 Å². The Kier molecular flexibility index (Phi) is 6.13. The molecule has 1 aromatic carbocycles. The summed E-state index contributed by atoms with van der Waals surface area (Å²) in [7, 11) is 0. The molecule has 0 aliphatic carbocycles. The topological polar surface area (TPSA) is 69.6 Å². The van der Waals surface area contributed by atoms with Crippen LogP contribution in [0.1, 0.15) is 25.3 Å². The van der Waals surface area contributed by atoms with Crippen LogP contribution in [0.2, 0.25) is 10.0 Å². The minimum Gasteiger partial charge on any atom is -0.481 e. The van der Waals surface area contributed by atoms with Crippen molar-refractivity contribution < 1.29 is 14.7 Å². The molecule has 2 N–H and O–H groups in total. The van der Waals surface area contributed by atoms with Crippen LogP contribution in [0.15, 0.2) is 18.2 Å². The molecule has 1 aromatic rings. The van der Waals surface area contributed by atoms with Crippen molar-refractivity contribution in [2.75, 3.05) is 13.1 Å². The van der Waals surface area contributed by atoms with Gasteiger partial charge in [-0.2, -0.15) is 0 Å². The van der Waals surface area contributed by atoms with Gasteiger partial charge in [-0.15, -0.1) is 0 Å². The maximum atomic E-state index is 12.2. The lowest BCUT2D eigenvalue weighted by Gasteiger charge is -2.31. The fourth-order valence-electron chi connectivity index (χ4n) is 2.70. The number of carboxylic acid groups (broad SMARTS) is 1. The maximum Gasteiger partial charge on any atom is 0.317 e. The molecule has 1 aliphatic rings. The van der Waals surface area contributed by atoms with E-state index in [-0.39, 0.29) is 18.0 Å². The molecule has 2 amide bonds. The van der Waals surface area contributed by atoms with Crippen LogP contribution in [0.4, 0.5) is 4.79 Å². The zero-order valence-electron chi connectivity index (χ0n) is 12.9. The number of hydrogen-bond donors (Lipinski definition) is 2. The zero-order valence-corrected chi connectivity index (χ0v) is 14.4. The molecule has 5 nitrogen and oxygen atoms in total. The number of carbonyl (C=O) groups excluding carboxylic acids is 1. The van der Waals surface area contributed by atoms with Gasteiger partial charge in [0.2, 0.25) is 0 Å². The number of halogens is 2. The highest BCUT2D eigenvalue weighted by molar-refractivity contribution is 6.35. The van der Waals surface area contributed by atoms with E-state index in [1.807, 2.05) is 13.0 Å². The summed E-state index contributed by atoms with van der Waals surface area (Å²) < 4.78 is 0. The Hall–Kier alpha value is -1.46. The quantitative estimate of drug-likeness (QED) is 0.865. The second kappa shape index (κ2) is 7.88. The molecule has 0 saturated carbocycles. The summed E-state index contributed by atoms with van der Waals surface area (Å²) in [6, 6.07) is 5.06. The van der Waals surface area contributed by atoms with Crippen LogP contribution in [-0.2, 0) is 11.2 Å². The lowest BCUT2D eigenvalue weighted by Crippen LogP contribution is -2.48. The highest BCUT2D eigenvalue weighted by Crippen LogP contribution is 2.22. The number of piperidine rings is 1. The van der Waals surface area contributed by atoms with Gasteiger partial charge in [0.15, 0.2) is 0 Å². The van der Waals surface area contributed by atoms with E-state index in [9.17, 15) is 9.59 Å². The number of nitrogens with zero attached hydrogens (tertiary/aromatic N) is 1. The van der Waals surface area contributed by atoms with Crippen LogP contribution in [0.3, 0.4) is 0 Å². The fraction of sp³-hybridized carbons (Fsp3) is 0.500. The van der Waals surface area contributed by atoms with E-state index in [2.05, 4.69) is 5.32 Å². The number of rotatable bonds is 4. The summed E-state index contributed by atoms with van der Waals surface area (Å²) in [5.41, 5.74) is 0.924. The molecule has 0 bridgehead atoms. The average molecular weight is 359 g/mol. The average Bonchev–Trinajstić information content (AvgIpc) is 2.50. The third-order valence-electron chi connectivity index (χ3n) is 4.04. The van der Waals surface area contributed by atoms with Crippen molar-refractivity contribution in [3.8, 4) is 0 Å². The second-order valence-electron chi connectivity index (χ2n) is 5.89. The lowest BCUT2D eigenvalue weighted by atomic mass is 9.97. The molecule has 0 spiro atoms. The molecule has 1 atom stereocenters. The predicted octanol–water partition coefficient (Wildman–Crippen LogP) is 3.43. The summed E-state index contributed by atoms with van der Waals surface area (Å²) in [5, 5.41) is 13.1. The highest BCUT2D eigenvalue weighted by atomic mass is 35.5. The van der Waals surface area contributed by atoms with Crippen molar-refractivity contribution in [3.05, 3.63) is 33.8 Å². The first-order valence-electron chi connectivity index (χ1n) is 7.59. The molecule has 126 valence electrons. The number of nitrogens with one attached hydrogen (secondary N) is 1. The molecule has 2 rings (SSSR count). The second-order valence-corrected chi connectivity index (χ2v) is 6.73. The number of urea groups is 1. The number of aliphatic carboxylic acids is 1. The number of carboxylic acids is 1. The first kappa shape index (κ1) is 17.9. The Bertz CT molecular complexity index is 587. The van der Waals surface area contributed by atoms with Crippen molar-refractivity contribution in [1.29, 1.82) is 0 Å². The molecule has 1 aliphatic heterocycles. The van der Waals surface area contributed by atoms with E-state index in [4.69, 9.17) is 28.3 Å². The largest absolute Gasteiger partial charge is 0.481 e. The SMILES string of the molecule is CC(Cc1ccc(Cl)cc1Cl)NC(=O)N1CCC(C(=O)O)CC1. The van der Waals surface area contributed by atoms with Crippen LogP contribution in [0.25, 0.3) is 0 Å². The standard InChI is InChI=1S/C16H20Cl2N2O3/c1-10(8-12-2-3-13(17)9-14(12)18)19-16(23)20-6-4-11(5-7-20)15(21)22/h2-3,9-11H,4-8H2,1H3,(H,19,23)(H,21,22). The Morgan fingerprint density at radius 1 is 1.35 bits per heavy atom. The summed E-state index contributed by atoms with van der Waals surface area (Å²) in [5.74, 6) is -1.12. The van der Waals surface area contributed by atoms with Crippen LogP contribution >= 0.6 is 23.2 Å². The van der Waals surface area contributed by atoms with E-state index < -0.39 is 5.97 Å². The van der Waals surface area contributed by atoms with Crippen LogP contribution < -0.4 is 5.32 Å². The smallest absolute Gasteiger partial charge is 0.317 e. The molecule has 7 heteroatoms. The van der Waals surface area contributed by atoms with Crippen molar-refractivity contribution >= 4 is 35.2 Å². The van der Waals surface area contributed by atoms with Gasteiger partial charge in [-0.3, -0.25) is 4.79 Å². The normalized spacial score (nSPS) is 16.9. The maximum absolute atomic E-state index is 12.2. The van der Waals surface area contributed by atoms with Crippen molar-refractivity contribution in [3.63, 3.8) is 0 Å². The van der Waals surface area contributed by atoms with Gasteiger partial charge in [0.1, 0.15) is 0 Å². The summed E-state index contributed by atoms with van der Waals surface area (Å²) in [6.07, 6.45) is 1.60. The minimum absolute atomic E-state index is 0.0848. The van der Waals surface area contributed by atoms with Gasteiger partial charge in [-0.05, 0) is 43.9 Å². The van der Waals surface area contributed by atoms with E-state index in [0.717, 1.165) is 5.56 Å². The number of likely N-dealkylation sites (tertiary alicyclic amines) is 1. The monoisotopic (exact) mass is 358 g/mol. The Morgan fingerprint density at radius 3 is 2.57 bits per heavy atom. The van der Waals surface area contributed by atoms with E-state index in [1.54, 1.807) is 17.0 Å². The number of carbonyl (C=O) groups is 2. The molecule has 0 aromatic heterocycles. The number of amides is 2. The molecule has 1 unspecified atom stereocenters. The Labute approximate surface area is 145 Å². The molecule has 1 saturated heterocycles. The van der Waals surface area contributed by atoms with Gasteiger partial charge >= 0.3 is 12.0 Å². The van der Waals surface area contributed by atoms with Gasteiger partial charge in [-0.25, -0.2) is 4.79 Å². The van der Waals surface area contributed by atoms with Crippen molar-refractivity contribution in [2.24, 2.45) is 5.92 Å². The predicted molar refractivity (Wildman–Crippen MR) is 90.1 cm³/mol. The molecule has 0 radical (unpaired) electrons. The summed E-state index contributed by atoms with van der Waals surface area (Å²) >= 11 is 12.0. The van der Waals surface area contributed by atoms with E-state index in [0.29, 0.717) is 42.4 Å². The third-order valence-corrected chi connectivity index (χ3v) is 4.63. The van der Waals surface area contributed by atoms with Gasteiger partial charge in [0.05, 0.1) is 5.92 Å². The Balaban J connectivity index is 1.84. The van der Waals surface area contributed by atoms with Gasteiger partial charge in [0, 0.05) is 29.2 Å². The van der Waals surface area contributed by atoms with Crippen LogP contribution in [-0.4, -0.2) is 41.1 Å². The lowest BCUT2D eigenvalue weighted by molar-refractivity contribution is -0.143. The van der Waals surface area contributed by atoms with Gasteiger partial charge in [-0.1, -0.05) is 29.3 Å². The Morgan fingerprint density at radius 2 is 2.00 bits per heavy atom. The molecular weight excluding hydrogens is 339 g/mol. The van der Waals surface area contributed by atoms with Crippen LogP contribution in [0, 0.1) is 5.92 Å². The zero-order chi connectivity index (χ0) is 17.0. The number of benzene rings is 1. The van der Waals surface area contributed by atoms with Crippen molar-refractivity contribution in [1.82, 2.24) is 10.2 Å². The fourth-order valence-corrected chi connectivity index (χ4v) is 3.19. The third kappa shape index (κ3) is 5.01. The highest BCUT2D eigenvalue weighted by Gasteiger charge is 2.27. The number of hydrogen-bond acceptors (Lipinski definition) is 2. The minimum atomic E-state index is -0.782. The summed E-state index contributed by atoms with van der Waals surface area (Å²) in [6.45, 7) is 2.85. The summed E-state index contributed by atoms with van der Waals surface area (Å²) in [4.78, 5) is 24.8. The van der Waals surface area contributed by atoms with Crippen LogP contribution in [0.5, 0.6) is 0 Å². The van der Waals surface area contributed by atoms with E-state index >= 15 is 0 Å². The first-order chi connectivity index (χ1) is 10.9. The van der Waals surface area contributed by atoms with Crippen molar-refractivity contribution in [2.45, 2.75) is 32.2 Å². The molecule has 1 fully saturated rings.